The van der Waals surface area contributed by atoms with E-state index in [1.165, 1.54) is 23.8 Å². The number of carbonyl (C=O) groups is 1. The van der Waals surface area contributed by atoms with E-state index in [-0.39, 0.29) is 27.9 Å². The molecular formula is C29H40BClN4O4. The van der Waals surface area contributed by atoms with Crippen LogP contribution in [0.4, 0.5) is 5.82 Å². The van der Waals surface area contributed by atoms with Gasteiger partial charge in [-0.2, -0.15) is 0 Å². The maximum atomic E-state index is 13.7. The number of hydrogen-bond acceptors (Lipinski definition) is 6. The minimum absolute atomic E-state index is 0.165. The highest BCUT2D eigenvalue weighted by atomic mass is 35.5. The van der Waals surface area contributed by atoms with Crippen molar-refractivity contribution in [2.75, 3.05) is 11.9 Å². The van der Waals surface area contributed by atoms with Crippen LogP contribution in [-0.2, 0) is 20.5 Å². The standard InChI is InChI=1S/C29H40BClN4O4/c1-5-9-23(30-38-22-15-18-14-21(28(18,2)3)29(22,4)39-30)33-26(36)20-13-12-19-24(31)34-25(27(37)35(19)20)32-16-17-10-7-6-8-11-17/h5,15,17-18,20-21,23H,1,6-14,16H2,2-4H3,(H,32,34)(H,33,36)/t18?,20-,21?,23-,29?/m0/s1. The molecule has 1 aromatic rings. The van der Waals surface area contributed by atoms with Crippen molar-refractivity contribution in [2.45, 2.75) is 96.1 Å². The zero-order chi connectivity index (χ0) is 27.5. The molecule has 3 fully saturated rings. The van der Waals surface area contributed by atoms with Gasteiger partial charge < -0.3 is 19.9 Å². The average molecular weight is 555 g/mol. The number of hydrogen-bond donors (Lipinski definition) is 2. The number of nitrogens with zero attached hydrogens (tertiary/aromatic N) is 2. The van der Waals surface area contributed by atoms with Crippen molar-refractivity contribution in [1.29, 1.82) is 0 Å². The Morgan fingerprint density at radius 2 is 2.08 bits per heavy atom. The number of aromatic nitrogens is 2. The van der Waals surface area contributed by atoms with Crippen LogP contribution in [0.2, 0.25) is 5.15 Å². The van der Waals surface area contributed by atoms with E-state index >= 15 is 0 Å². The number of amides is 1. The van der Waals surface area contributed by atoms with E-state index in [4.69, 9.17) is 20.9 Å². The van der Waals surface area contributed by atoms with Gasteiger partial charge in [0, 0.05) is 6.54 Å². The van der Waals surface area contributed by atoms with Crippen molar-refractivity contribution in [2.24, 2.45) is 23.2 Å². The Morgan fingerprint density at radius 1 is 1.31 bits per heavy atom. The van der Waals surface area contributed by atoms with E-state index in [9.17, 15) is 9.59 Å². The molecule has 1 saturated heterocycles. The van der Waals surface area contributed by atoms with Crippen LogP contribution in [0.3, 0.4) is 0 Å². The molecule has 8 nitrogen and oxygen atoms in total. The number of nitrogens with one attached hydrogen (secondary N) is 2. The fraction of sp³-hybridized carbons (Fsp3) is 0.690. The molecule has 6 aliphatic rings. The molecule has 2 saturated carbocycles. The quantitative estimate of drug-likeness (QED) is 0.353. The molecule has 7 rings (SSSR count). The molecule has 3 unspecified atom stereocenters. The molecule has 2 N–H and O–H groups in total. The number of allylic oxidation sites excluding steroid dienone is 1. The first-order chi connectivity index (χ1) is 18.6. The van der Waals surface area contributed by atoms with Gasteiger partial charge in [-0.25, -0.2) is 4.98 Å². The summed E-state index contributed by atoms with van der Waals surface area (Å²) >= 11 is 6.52. The fourth-order valence-corrected chi connectivity index (χ4v) is 8.01. The van der Waals surface area contributed by atoms with Gasteiger partial charge in [-0.3, -0.25) is 14.2 Å². The van der Waals surface area contributed by atoms with E-state index in [1.54, 1.807) is 6.08 Å². The molecular weight excluding hydrogens is 515 g/mol. The molecule has 0 radical (unpaired) electrons. The van der Waals surface area contributed by atoms with Crippen LogP contribution in [0, 0.1) is 23.2 Å². The van der Waals surface area contributed by atoms with E-state index in [1.807, 2.05) is 0 Å². The Labute approximate surface area is 236 Å². The van der Waals surface area contributed by atoms with Gasteiger partial charge >= 0.3 is 7.12 Å². The zero-order valence-corrected chi connectivity index (χ0v) is 24.1. The molecule has 0 spiro atoms. The molecule has 4 aliphatic carbocycles. The van der Waals surface area contributed by atoms with Gasteiger partial charge in [0.1, 0.15) is 17.4 Å². The number of anilines is 1. The van der Waals surface area contributed by atoms with Gasteiger partial charge in [0.05, 0.1) is 11.6 Å². The summed E-state index contributed by atoms with van der Waals surface area (Å²) in [4.78, 5) is 31.6. The van der Waals surface area contributed by atoms with E-state index in [0.29, 0.717) is 49.3 Å². The topological polar surface area (TPSA) is 94.5 Å². The van der Waals surface area contributed by atoms with E-state index in [2.05, 4.69) is 49.0 Å². The van der Waals surface area contributed by atoms with Gasteiger partial charge in [0.15, 0.2) is 11.0 Å². The van der Waals surface area contributed by atoms with Crippen molar-refractivity contribution in [3.63, 3.8) is 0 Å². The van der Waals surface area contributed by atoms with E-state index < -0.39 is 24.7 Å². The summed E-state index contributed by atoms with van der Waals surface area (Å²) in [6, 6.07) is -0.666. The molecule has 1 aromatic heterocycles. The average Bonchev–Trinajstić information content (AvgIpc) is 3.52. The number of carbonyl (C=O) groups excluding carboxylic acids is 1. The number of rotatable bonds is 8. The van der Waals surface area contributed by atoms with Crippen molar-refractivity contribution in [3.05, 3.63) is 45.7 Å². The zero-order valence-electron chi connectivity index (χ0n) is 23.3. The van der Waals surface area contributed by atoms with Gasteiger partial charge in [-0.05, 0) is 74.7 Å². The number of halogens is 1. The number of fused-ring (bicyclic) bond motifs is 1. The fourth-order valence-electron chi connectivity index (χ4n) is 7.74. The molecule has 2 aliphatic heterocycles. The Morgan fingerprint density at radius 3 is 2.79 bits per heavy atom. The van der Waals surface area contributed by atoms with Crippen LogP contribution in [-0.4, -0.2) is 40.7 Å². The Bertz CT molecular complexity index is 1260. The first kappa shape index (κ1) is 26.9. The maximum absolute atomic E-state index is 13.7. The van der Waals surface area contributed by atoms with Crippen LogP contribution < -0.4 is 16.2 Å². The maximum Gasteiger partial charge on any atom is 0.550 e. The molecule has 210 valence electrons. The molecule has 10 heteroatoms. The summed E-state index contributed by atoms with van der Waals surface area (Å²) in [5.74, 6) is 1.82. The van der Waals surface area contributed by atoms with Gasteiger partial charge in [0.2, 0.25) is 5.91 Å². The lowest BCUT2D eigenvalue weighted by Crippen LogP contribution is -2.59. The monoisotopic (exact) mass is 554 g/mol. The van der Waals surface area contributed by atoms with Gasteiger partial charge in [0.25, 0.3) is 5.56 Å². The Balaban J connectivity index is 1.18. The predicted molar refractivity (Wildman–Crippen MR) is 152 cm³/mol. The molecule has 3 heterocycles. The highest BCUT2D eigenvalue weighted by molar-refractivity contribution is 6.48. The second-order valence-corrected chi connectivity index (χ2v) is 13.3. The van der Waals surface area contributed by atoms with Crippen LogP contribution in [0.5, 0.6) is 0 Å². The minimum atomic E-state index is -0.666. The largest absolute Gasteiger partial charge is 0.550 e. The Kier molecular flexibility index (Phi) is 6.90. The lowest BCUT2D eigenvalue weighted by molar-refractivity contribution is -0.125. The predicted octanol–water partition coefficient (Wildman–Crippen LogP) is 4.83. The van der Waals surface area contributed by atoms with Crippen LogP contribution >= 0.6 is 11.6 Å². The normalized spacial score (nSPS) is 31.3. The molecule has 1 amide bonds. The second kappa shape index (κ2) is 9.98. The molecule has 0 aromatic carbocycles. The highest BCUT2D eigenvalue weighted by Crippen LogP contribution is 2.64. The summed E-state index contributed by atoms with van der Waals surface area (Å²) in [6.45, 7) is 11.3. The smallest absolute Gasteiger partial charge is 0.536 e. The van der Waals surface area contributed by atoms with Crippen LogP contribution in [0.1, 0.15) is 83.9 Å². The van der Waals surface area contributed by atoms with Crippen molar-refractivity contribution in [1.82, 2.24) is 14.9 Å². The van der Waals surface area contributed by atoms with Gasteiger partial charge in [-0.15, -0.1) is 6.58 Å². The second-order valence-electron chi connectivity index (χ2n) is 12.9. The third-order valence-corrected chi connectivity index (χ3v) is 10.5. The van der Waals surface area contributed by atoms with Crippen molar-refractivity contribution >= 4 is 30.4 Å². The third-order valence-electron chi connectivity index (χ3n) is 10.2. The summed E-state index contributed by atoms with van der Waals surface area (Å²) in [7, 11) is -0.621. The molecule has 5 atom stereocenters. The van der Waals surface area contributed by atoms with Gasteiger partial charge in [-0.1, -0.05) is 50.8 Å². The first-order valence-corrected chi connectivity index (χ1v) is 15.0. The van der Waals surface area contributed by atoms with Crippen LogP contribution in [0.25, 0.3) is 0 Å². The molecule has 39 heavy (non-hydrogen) atoms. The van der Waals surface area contributed by atoms with Crippen LogP contribution in [0.15, 0.2) is 29.3 Å². The van der Waals surface area contributed by atoms with E-state index in [0.717, 1.165) is 25.0 Å². The minimum Gasteiger partial charge on any atom is -0.536 e. The lowest BCUT2D eigenvalue weighted by atomic mass is 9.46. The van der Waals surface area contributed by atoms with Crippen molar-refractivity contribution in [3.8, 4) is 0 Å². The summed E-state index contributed by atoms with van der Waals surface area (Å²) in [5.41, 5.74) is -0.00733. The molecule has 2 bridgehead atoms. The summed E-state index contributed by atoms with van der Waals surface area (Å²) in [6.07, 6.45) is 12.6. The Hall–Kier alpha value is -2.26. The first-order valence-electron chi connectivity index (χ1n) is 14.7. The lowest BCUT2D eigenvalue weighted by Gasteiger charge is -2.60. The SMILES string of the molecule is C=CC[C@H](NC(=O)[C@@H]1CCc2c(Cl)nc(NCC3CCCCC3)c(=O)n21)B1OC2=CC3CC(C2(C)O1)C3(C)C. The summed E-state index contributed by atoms with van der Waals surface area (Å²) < 4.78 is 14.4. The summed E-state index contributed by atoms with van der Waals surface area (Å²) in [5, 5.41) is 6.67. The highest BCUT2D eigenvalue weighted by Gasteiger charge is 2.66. The van der Waals surface area contributed by atoms with Crippen molar-refractivity contribution < 1.29 is 14.1 Å². The third kappa shape index (κ3) is 4.44.